The van der Waals surface area contributed by atoms with Crippen LogP contribution in [0.1, 0.15) is 27.7 Å². The van der Waals surface area contributed by atoms with E-state index in [0.29, 0.717) is 0 Å². The molecule has 1 unspecified atom stereocenters. The lowest BCUT2D eigenvalue weighted by Crippen LogP contribution is -2.54. The molecule has 0 aromatic heterocycles. The molecule has 17 heavy (non-hydrogen) atoms. The highest BCUT2D eigenvalue weighted by molar-refractivity contribution is 5.72. The molecule has 1 heterocycles. The van der Waals surface area contributed by atoms with E-state index in [1.165, 1.54) is 7.11 Å². The maximum Gasteiger partial charge on any atom is 0.309 e. The third-order valence-corrected chi connectivity index (χ3v) is 3.46. The lowest BCUT2D eigenvalue weighted by atomic mass is 10.0. The molecule has 0 spiro atoms. The molecule has 0 aromatic carbocycles. The highest BCUT2D eigenvalue weighted by atomic mass is 16.5. The molecule has 0 aliphatic carbocycles. The maximum absolute atomic E-state index is 11.3. The number of hydrogen-bond donors (Lipinski definition) is 0. The molecule has 0 amide bonds. The van der Waals surface area contributed by atoms with Crippen molar-refractivity contribution in [3.63, 3.8) is 0 Å². The molecule has 0 aromatic rings. The number of esters is 1. The van der Waals surface area contributed by atoms with Crippen molar-refractivity contribution in [3.8, 4) is 0 Å². The Morgan fingerprint density at radius 2 is 1.76 bits per heavy atom. The van der Waals surface area contributed by atoms with Crippen LogP contribution in [-0.2, 0) is 9.53 Å². The summed E-state index contributed by atoms with van der Waals surface area (Å²) in [6.45, 7) is 13.7. The van der Waals surface area contributed by atoms with Crippen LogP contribution in [0.3, 0.4) is 0 Å². The zero-order chi connectivity index (χ0) is 13.1. The lowest BCUT2D eigenvalue weighted by Gasteiger charge is -2.42. The van der Waals surface area contributed by atoms with E-state index < -0.39 is 0 Å². The Labute approximate surface area is 105 Å². The van der Waals surface area contributed by atoms with Gasteiger partial charge in [-0.2, -0.15) is 0 Å². The summed E-state index contributed by atoms with van der Waals surface area (Å²) in [5, 5.41) is 0. The number of carbonyl (C=O) groups excluding carboxylic acids is 1. The first kappa shape index (κ1) is 14.5. The van der Waals surface area contributed by atoms with Crippen LogP contribution in [0, 0.1) is 5.92 Å². The Morgan fingerprint density at radius 1 is 1.24 bits per heavy atom. The van der Waals surface area contributed by atoms with E-state index in [1.807, 2.05) is 6.92 Å². The maximum atomic E-state index is 11.3. The summed E-state index contributed by atoms with van der Waals surface area (Å²) in [7, 11) is 1.45. The fourth-order valence-electron chi connectivity index (χ4n) is 2.26. The lowest BCUT2D eigenvalue weighted by molar-refractivity contribution is -0.145. The molecular weight excluding hydrogens is 216 g/mol. The van der Waals surface area contributed by atoms with Gasteiger partial charge in [-0.05, 0) is 20.8 Å². The van der Waals surface area contributed by atoms with Crippen LogP contribution in [0.15, 0.2) is 0 Å². The van der Waals surface area contributed by atoms with Gasteiger partial charge in [0.15, 0.2) is 0 Å². The normalized spacial score (nSPS) is 21.2. The van der Waals surface area contributed by atoms with E-state index in [0.717, 1.165) is 32.7 Å². The first-order chi connectivity index (χ1) is 7.84. The Hall–Kier alpha value is -0.610. The molecular formula is C13H26N2O2. The van der Waals surface area contributed by atoms with Crippen molar-refractivity contribution in [1.29, 1.82) is 0 Å². The molecule has 4 heteroatoms. The Morgan fingerprint density at radius 3 is 2.18 bits per heavy atom. The highest BCUT2D eigenvalue weighted by Crippen LogP contribution is 2.16. The molecule has 0 saturated carbocycles. The van der Waals surface area contributed by atoms with Crippen LogP contribution in [0.25, 0.3) is 0 Å². The standard InChI is InChI=1S/C13H26N2O2/c1-11(12(16)17-5)10-14-6-8-15(9-7-14)13(2,3)4/h11H,6-10H2,1-5H3. The molecule has 0 bridgehead atoms. The summed E-state index contributed by atoms with van der Waals surface area (Å²) in [4.78, 5) is 16.2. The number of carbonyl (C=O) groups is 1. The third kappa shape index (κ3) is 4.28. The van der Waals surface area contributed by atoms with Crippen molar-refractivity contribution >= 4 is 5.97 Å². The first-order valence-corrected chi connectivity index (χ1v) is 6.40. The van der Waals surface area contributed by atoms with Gasteiger partial charge in [-0.1, -0.05) is 6.92 Å². The second kappa shape index (κ2) is 5.83. The van der Waals surface area contributed by atoms with Crippen LogP contribution >= 0.6 is 0 Å². The third-order valence-electron chi connectivity index (χ3n) is 3.46. The van der Waals surface area contributed by atoms with Crippen LogP contribution in [0.5, 0.6) is 0 Å². The van der Waals surface area contributed by atoms with Crippen LogP contribution in [0.4, 0.5) is 0 Å². The number of ether oxygens (including phenoxy) is 1. The molecule has 1 saturated heterocycles. The molecule has 1 fully saturated rings. The molecule has 0 N–H and O–H groups in total. The second-order valence-electron chi connectivity index (χ2n) is 5.88. The molecule has 1 aliphatic heterocycles. The van der Waals surface area contributed by atoms with Gasteiger partial charge in [0.2, 0.25) is 0 Å². The smallest absolute Gasteiger partial charge is 0.309 e. The van der Waals surface area contributed by atoms with Gasteiger partial charge in [-0.15, -0.1) is 0 Å². The molecule has 1 rings (SSSR count). The molecule has 100 valence electrons. The van der Waals surface area contributed by atoms with Crippen molar-refractivity contribution in [1.82, 2.24) is 9.80 Å². The molecule has 1 atom stereocenters. The SMILES string of the molecule is COC(=O)C(C)CN1CCN(C(C)(C)C)CC1. The van der Waals surface area contributed by atoms with Gasteiger partial charge >= 0.3 is 5.97 Å². The number of piperazine rings is 1. The van der Waals surface area contributed by atoms with E-state index >= 15 is 0 Å². The summed E-state index contributed by atoms with van der Waals surface area (Å²) in [6, 6.07) is 0. The molecule has 1 aliphatic rings. The number of methoxy groups -OCH3 is 1. The van der Waals surface area contributed by atoms with E-state index in [2.05, 4.69) is 30.6 Å². The number of hydrogen-bond acceptors (Lipinski definition) is 4. The van der Waals surface area contributed by atoms with E-state index in [-0.39, 0.29) is 17.4 Å². The number of nitrogens with zero attached hydrogens (tertiary/aromatic N) is 2. The Bertz CT molecular complexity index is 253. The average molecular weight is 242 g/mol. The summed E-state index contributed by atoms with van der Waals surface area (Å²) in [6.07, 6.45) is 0. The first-order valence-electron chi connectivity index (χ1n) is 6.40. The minimum atomic E-state index is -0.108. The van der Waals surface area contributed by atoms with Crippen molar-refractivity contribution in [2.45, 2.75) is 33.2 Å². The number of rotatable bonds is 3. The van der Waals surface area contributed by atoms with E-state index in [9.17, 15) is 4.79 Å². The van der Waals surface area contributed by atoms with E-state index in [4.69, 9.17) is 4.74 Å². The highest BCUT2D eigenvalue weighted by Gasteiger charge is 2.27. The zero-order valence-electron chi connectivity index (χ0n) is 11.8. The predicted molar refractivity (Wildman–Crippen MR) is 68.9 cm³/mol. The minimum Gasteiger partial charge on any atom is -0.469 e. The average Bonchev–Trinajstić information content (AvgIpc) is 2.27. The van der Waals surface area contributed by atoms with Crippen LogP contribution < -0.4 is 0 Å². The van der Waals surface area contributed by atoms with Crippen LogP contribution in [0.2, 0.25) is 0 Å². The summed E-state index contributed by atoms with van der Waals surface area (Å²) < 4.78 is 4.75. The molecule has 4 nitrogen and oxygen atoms in total. The topological polar surface area (TPSA) is 32.8 Å². The quantitative estimate of drug-likeness (QED) is 0.697. The zero-order valence-corrected chi connectivity index (χ0v) is 11.8. The van der Waals surface area contributed by atoms with Crippen molar-refractivity contribution in [3.05, 3.63) is 0 Å². The van der Waals surface area contributed by atoms with E-state index in [1.54, 1.807) is 0 Å². The van der Waals surface area contributed by atoms with Crippen molar-refractivity contribution in [2.24, 2.45) is 5.92 Å². The Balaban J connectivity index is 2.35. The summed E-state index contributed by atoms with van der Waals surface area (Å²) in [5.74, 6) is -0.135. The predicted octanol–water partition coefficient (Wildman–Crippen LogP) is 1.21. The van der Waals surface area contributed by atoms with Gasteiger partial charge in [0, 0.05) is 38.3 Å². The van der Waals surface area contributed by atoms with Gasteiger partial charge in [0.25, 0.3) is 0 Å². The fourth-order valence-corrected chi connectivity index (χ4v) is 2.26. The second-order valence-corrected chi connectivity index (χ2v) is 5.88. The van der Waals surface area contributed by atoms with Gasteiger partial charge < -0.3 is 4.74 Å². The van der Waals surface area contributed by atoms with Gasteiger partial charge in [0.05, 0.1) is 13.0 Å². The van der Waals surface area contributed by atoms with Crippen molar-refractivity contribution in [2.75, 3.05) is 39.8 Å². The van der Waals surface area contributed by atoms with Crippen LogP contribution in [-0.4, -0.2) is 61.1 Å². The Kier molecular flexibility index (Phi) is 4.95. The van der Waals surface area contributed by atoms with Gasteiger partial charge in [-0.25, -0.2) is 0 Å². The van der Waals surface area contributed by atoms with Gasteiger partial charge in [0.1, 0.15) is 0 Å². The fraction of sp³-hybridized carbons (Fsp3) is 0.923. The molecule has 0 radical (unpaired) electrons. The largest absolute Gasteiger partial charge is 0.469 e. The monoisotopic (exact) mass is 242 g/mol. The summed E-state index contributed by atoms with van der Waals surface area (Å²) >= 11 is 0. The summed E-state index contributed by atoms with van der Waals surface area (Å²) in [5.41, 5.74) is 0.250. The van der Waals surface area contributed by atoms with Crippen molar-refractivity contribution < 1.29 is 9.53 Å². The van der Waals surface area contributed by atoms with Gasteiger partial charge in [-0.3, -0.25) is 14.6 Å². The minimum absolute atomic E-state index is 0.0267.